The van der Waals surface area contributed by atoms with Crippen molar-refractivity contribution in [2.45, 2.75) is 39.5 Å². The molecule has 0 saturated heterocycles. The molecule has 0 atom stereocenters. The molecule has 0 fully saturated rings. The van der Waals surface area contributed by atoms with Gasteiger partial charge in [0.15, 0.2) is 0 Å². The predicted octanol–water partition coefficient (Wildman–Crippen LogP) is 4.12. The molecule has 3 aromatic rings. The van der Waals surface area contributed by atoms with E-state index >= 15 is 0 Å². The van der Waals surface area contributed by atoms with Gasteiger partial charge in [-0.15, -0.1) is 0 Å². The van der Waals surface area contributed by atoms with Crippen LogP contribution in [-0.2, 0) is 11.8 Å². The molecule has 2 heterocycles. The maximum absolute atomic E-state index is 12.7. The number of methoxy groups -OCH3 is 1. The fourth-order valence-corrected chi connectivity index (χ4v) is 2.99. The van der Waals surface area contributed by atoms with Gasteiger partial charge in [-0.1, -0.05) is 39.3 Å². The number of rotatable bonds is 5. The van der Waals surface area contributed by atoms with Crippen LogP contribution in [0.2, 0.25) is 5.02 Å². The van der Waals surface area contributed by atoms with Crippen LogP contribution in [0.25, 0.3) is 5.95 Å². The highest BCUT2D eigenvalue weighted by atomic mass is 35.5. The molecular formula is C21H25ClN6O3. The van der Waals surface area contributed by atoms with Gasteiger partial charge in [0.2, 0.25) is 5.95 Å². The van der Waals surface area contributed by atoms with Gasteiger partial charge in [0.05, 0.1) is 18.5 Å². The number of aryl methyl sites for hydroxylation is 1. The number of ether oxygens (including phenoxy) is 1. The van der Waals surface area contributed by atoms with E-state index in [1.165, 1.54) is 17.9 Å². The summed E-state index contributed by atoms with van der Waals surface area (Å²) in [5, 5.41) is 10.5. The SMILES string of the molecule is CCc1cc(=O)[nH]c(-n2nc(C(C)(C)C)cc2NC(=O)Nc2cc(Cl)ccc2OC)n1. The molecule has 0 spiro atoms. The quantitative estimate of drug-likeness (QED) is 0.547. The van der Waals surface area contributed by atoms with Crippen molar-refractivity contribution >= 4 is 29.1 Å². The van der Waals surface area contributed by atoms with Crippen LogP contribution in [0, 0.1) is 0 Å². The molecule has 3 N–H and O–H groups in total. The summed E-state index contributed by atoms with van der Waals surface area (Å²) in [7, 11) is 1.50. The maximum atomic E-state index is 12.7. The highest BCUT2D eigenvalue weighted by Gasteiger charge is 2.23. The molecule has 0 radical (unpaired) electrons. The fourth-order valence-electron chi connectivity index (χ4n) is 2.82. The first kappa shape index (κ1) is 22.4. The van der Waals surface area contributed by atoms with E-state index in [9.17, 15) is 9.59 Å². The average molecular weight is 445 g/mol. The molecule has 0 aliphatic rings. The first-order valence-corrected chi connectivity index (χ1v) is 10.1. The lowest BCUT2D eigenvalue weighted by atomic mass is 9.92. The topological polar surface area (TPSA) is 114 Å². The van der Waals surface area contributed by atoms with E-state index in [-0.39, 0.29) is 16.9 Å². The number of nitrogens with zero attached hydrogens (tertiary/aromatic N) is 3. The fraction of sp³-hybridized carbons (Fsp3) is 0.333. The molecule has 0 bridgehead atoms. The Kier molecular flexibility index (Phi) is 6.35. The molecule has 9 nitrogen and oxygen atoms in total. The van der Waals surface area contributed by atoms with Crippen LogP contribution in [0.4, 0.5) is 16.3 Å². The molecule has 2 amide bonds. The maximum Gasteiger partial charge on any atom is 0.324 e. The molecule has 2 aromatic heterocycles. The second-order valence-corrected chi connectivity index (χ2v) is 8.35. The second-order valence-electron chi connectivity index (χ2n) is 7.91. The third-order valence-corrected chi connectivity index (χ3v) is 4.71. The summed E-state index contributed by atoms with van der Waals surface area (Å²) in [4.78, 5) is 31.9. The van der Waals surface area contributed by atoms with Crippen molar-refractivity contribution in [1.29, 1.82) is 0 Å². The molecular weight excluding hydrogens is 420 g/mol. The summed E-state index contributed by atoms with van der Waals surface area (Å²) in [5.41, 5.74) is 1.15. The van der Waals surface area contributed by atoms with E-state index in [1.807, 2.05) is 27.7 Å². The van der Waals surface area contributed by atoms with E-state index in [2.05, 4.69) is 25.7 Å². The molecule has 0 saturated carbocycles. The Balaban J connectivity index is 1.98. The number of carbonyl (C=O) groups is 1. The Labute approximate surface area is 184 Å². The van der Waals surface area contributed by atoms with Crippen LogP contribution in [0.15, 0.2) is 35.1 Å². The zero-order valence-corrected chi connectivity index (χ0v) is 18.8. The van der Waals surface area contributed by atoms with Crippen molar-refractivity contribution in [2.75, 3.05) is 17.7 Å². The molecule has 0 aliphatic heterocycles. The Morgan fingerprint density at radius 3 is 2.61 bits per heavy atom. The summed E-state index contributed by atoms with van der Waals surface area (Å²) in [6.45, 7) is 7.90. The third kappa shape index (κ3) is 5.24. The number of hydrogen-bond acceptors (Lipinski definition) is 5. The van der Waals surface area contributed by atoms with Gasteiger partial charge >= 0.3 is 6.03 Å². The highest BCUT2D eigenvalue weighted by molar-refractivity contribution is 6.31. The van der Waals surface area contributed by atoms with Crippen molar-refractivity contribution in [3.63, 3.8) is 0 Å². The van der Waals surface area contributed by atoms with Crippen LogP contribution >= 0.6 is 11.6 Å². The Hall–Kier alpha value is -3.33. The smallest absolute Gasteiger partial charge is 0.324 e. The minimum Gasteiger partial charge on any atom is -0.495 e. The summed E-state index contributed by atoms with van der Waals surface area (Å²) in [6.07, 6.45) is 0.585. The van der Waals surface area contributed by atoms with Gasteiger partial charge in [0.1, 0.15) is 11.6 Å². The number of aromatic amines is 1. The van der Waals surface area contributed by atoms with E-state index < -0.39 is 6.03 Å². The molecule has 3 rings (SSSR count). The Morgan fingerprint density at radius 2 is 1.97 bits per heavy atom. The summed E-state index contributed by atoms with van der Waals surface area (Å²) < 4.78 is 6.68. The molecule has 0 unspecified atom stereocenters. The molecule has 31 heavy (non-hydrogen) atoms. The first-order chi connectivity index (χ1) is 14.6. The van der Waals surface area contributed by atoms with Crippen LogP contribution < -0.4 is 20.9 Å². The molecule has 10 heteroatoms. The summed E-state index contributed by atoms with van der Waals surface area (Å²) >= 11 is 6.04. The largest absolute Gasteiger partial charge is 0.495 e. The van der Waals surface area contributed by atoms with E-state index in [1.54, 1.807) is 24.3 Å². The van der Waals surface area contributed by atoms with Crippen molar-refractivity contribution in [3.05, 3.63) is 57.1 Å². The molecule has 0 aliphatic carbocycles. The van der Waals surface area contributed by atoms with Gasteiger partial charge in [-0.3, -0.25) is 15.1 Å². The van der Waals surface area contributed by atoms with Crippen molar-refractivity contribution in [2.24, 2.45) is 0 Å². The standard InChI is InChI=1S/C21H25ClN6O3/c1-6-13-10-18(29)26-19(23-13)28-17(11-16(27-28)21(2,3)4)25-20(30)24-14-9-12(22)7-8-15(14)31-5/h7-11H,6H2,1-5H3,(H,23,26,29)(H2,24,25,30). The molecule has 1 aromatic carbocycles. The highest BCUT2D eigenvalue weighted by Crippen LogP contribution is 2.29. The van der Waals surface area contributed by atoms with Gasteiger partial charge in [0, 0.05) is 28.3 Å². The first-order valence-electron chi connectivity index (χ1n) is 9.73. The van der Waals surface area contributed by atoms with Crippen molar-refractivity contribution in [3.8, 4) is 11.7 Å². The lowest BCUT2D eigenvalue weighted by molar-refractivity contribution is 0.262. The van der Waals surface area contributed by atoms with E-state index in [0.717, 1.165) is 0 Å². The number of hydrogen-bond donors (Lipinski definition) is 3. The summed E-state index contributed by atoms with van der Waals surface area (Å²) in [5.74, 6) is 1.03. The van der Waals surface area contributed by atoms with Crippen LogP contribution in [-0.4, -0.2) is 32.9 Å². The third-order valence-electron chi connectivity index (χ3n) is 4.47. The zero-order chi connectivity index (χ0) is 22.8. The Bertz CT molecular complexity index is 1160. The van der Waals surface area contributed by atoms with Crippen LogP contribution in [0.1, 0.15) is 39.1 Å². The lowest BCUT2D eigenvalue weighted by Gasteiger charge is -2.13. The summed E-state index contributed by atoms with van der Waals surface area (Å²) in [6, 6.07) is 7.55. The van der Waals surface area contributed by atoms with Gasteiger partial charge in [-0.25, -0.2) is 9.78 Å². The number of nitrogens with one attached hydrogen (secondary N) is 3. The van der Waals surface area contributed by atoms with Crippen LogP contribution in [0.3, 0.4) is 0 Å². The average Bonchev–Trinajstić information content (AvgIpc) is 3.11. The zero-order valence-electron chi connectivity index (χ0n) is 18.0. The van der Waals surface area contributed by atoms with E-state index in [4.69, 9.17) is 16.3 Å². The number of carbonyl (C=O) groups excluding carboxylic acids is 1. The van der Waals surface area contributed by atoms with Gasteiger partial charge in [-0.2, -0.15) is 9.78 Å². The number of H-pyrrole nitrogens is 1. The number of amides is 2. The molecule has 164 valence electrons. The van der Waals surface area contributed by atoms with Gasteiger partial charge < -0.3 is 10.1 Å². The number of benzene rings is 1. The minimum atomic E-state index is -0.531. The normalized spacial score (nSPS) is 11.3. The number of urea groups is 1. The van der Waals surface area contributed by atoms with Gasteiger partial charge in [-0.05, 0) is 24.6 Å². The van der Waals surface area contributed by atoms with Gasteiger partial charge in [0.25, 0.3) is 5.56 Å². The van der Waals surface area contributed by atoms with Crippen molar-refractivity contribution < 1.29 is 9.53 Å². The van der Waals surface area contributed by atoms with Crippen molar-refractivity contribution in [1.82, 2.24) is 19.7 Å². The minimum absolute atomic E-state index is 0.218. The number of aromatic nitrogens is 4. The van der Waals surface area contributed by atoms with E-state index in [0.29, 0.717) is 40.1 Å². The lowest BCUT2D eigenvalue weighted by Crippen LogP contribution is -2.23. The predicted molar refractivity (Wildman–Crippen MR) is 121 cm³/mol. The Morgan fingerprint density at radius 1 is 1.23 bits per heavy atom. The second kappa shape index (κ2) is 8.81. The number of halogens is 1. The monoisotopic (exact) mass is 444 g/mol. The number of anilines is 2. The van der Waals surface area contributed by atoms with Crippen LogP contribution in [0.5, 0.6) is 5.75 Å².